The molecule has 0 atom stereocenters. The summed E-state index contributed by atoms with van der Waals surface area (Å²) in [6.45, 7) is 0. The number of halogens is 3. The number of hydrogen-bond donors (Lipinski definition) is 0. The Labute approximate surface area is 201 Å². The SMILES string of the molecule is O=S(=O)([O-])[O-].[Ca+2].[Cl-].[Cl-].[Cl-].[K+].[Mg+2].[Na+]. The molecule has 0 heterocycles. The van der Waals surface area contributed by atoms with Gasteiger partial charge in [0.2, 0.25) is 0 Å². The van der Waals surface area contributed by atoms with Gasteiger partial charge in [0.1, 0.15) is 0 Å². The van der Waals surface area contributed by atoms with Crippen LogP contribution in [0.4, 0.5) is 0 Å². The maximum absolute atomic E-state index is 8.52. The van der Waals surface area contributed by atoms with E-state index in [-0.39, 0.29) is 179 Å². The predicted octanol–water partition coefficient (Wildman–Crippen LogP) is -17.1. The van der Waals surface area contributed by atoms with Crippen molar-refractivity contribution in [1.29, 1.82) is 0 Å². The molecule has 4 nitrogen and oxygen atoms in total. The zero-order chi connectivity index (χ0) is 4.50. The molecule has 0 saturated carbocycles. The van der Waals surface area contributed by atoms with Crippen molar-refractivity contribution in [3.05, 3.63) is 0 Å². The van der Waals surface area contributed by atoms with Gasteiger partial charge in [0.25, 0.3) is 0 Å². The third-order valence-electron chi connectivity index (χ3n) is 0. The molecule has 0 saturated heterocycles. The van der Waals surface area contributed by atoms with E-state index in [1.54, 1.807) is 0 Å². The average Bonchev–Trinajstić information content (AvgIpc) is 0.722. The van der Waals surface area contributed by atoms with Gasteiger partial charge in [0, 0.05) is 10.4 Å². The molecule has 0 unspecified atom stereocenters. The summed E-state index contributed by atoms with van der Waals surface area (Å²) >= 11 is 0. The molecule has 56 valence electrons. The third-order valence-corrected chi connectivity index (χ3v) is 0. The summed E-state index contributed by atoms with van der Waals surface area (Å²) in [7, 11) is -5.17. The topological polar surface area (TPSA) is 80.3 Å². The van der Waals surface area contributed by atoms with Crippen molar-refractivity contribution >= 4 is 71.2 Å². The maximum atomic E-state index is 8.52. The standard InChI is InChI=1S/Ca.3ClH.K.Mg.Na.H2O4S/c;;;;;;;1-5(2,3)4/h;3*1H;;;;(H2,1,2,3,4)/q+2;;;;+1;+2;+1;/p-5. The minimum Gasteiger partial charge on any atom is -1.00 e. The first kappa shape index (κ1) is 53.0. The van der Waals surface area contributed by atoms with E-state index in [0.717, 1.165) is 0 Å². The first-order valence-electron chi connectivity index (χ1n) is 0.667. The minimum absolute atomic E-state index is 0. The van der Waals surface area contributed by atoms with Crippen LogP contribution < -0.4 is 118 Å². The van der Waals surface area contributed by atoms with Crippen molar-refractivity contribution in [1.82, 2.24) is 0 Å². The van der Waals surface area contributed by atoms with Crippen LogP contribution in [0.25, 0.3) is 0 Å². The summed E-state index contributed by atoms with van der Waals surface area (Å²) in [5.41, 5.74) is 0. The van der Waals surface area contributed by atoms with Crippen LogP contribution in [0.3, 0.4) is 0 Å². The van der Waals surface area contributed by atoms with Gasteiger partial charge in [-0.2, -0.15) is 0 Å². The fourth-order valence-electron chi connectivity index (χ4n) is 0. The van der Waals surface area contributed by atoms with Crippen molar-refractivity contribution in [2.75, 3.05) is 0 Å². The van der Waals surface area contributed by atoms with Gasteiger partial charge >= 0.3 is 142 Å². The fourth-order valence-corrected chi connectivity index (χ4v) is 0. The predicted molar refractivity (Wildman–Crippen MR) is 22.0 cm³/mol. The van der Waals surface area contributed by atoms with Crippen LogP contribution in [-0.4, -0.2) is 78.3 Å². The molecule has 12 heavy (non-hydrogen) atoms. The molecule has 0 radical (unpaired) electrons. The normalized spacial score (nSPS) is 4.83. The second-order valence-corrected chi connectivity index (χ2v) is 1.22. The van der Waals surface area contributed by atoms with Crippen LogP contribution in [-0.2, 0) is 10.4 Å². The van der Waals surface area contributed by atoms with Crippen molar-refractivity contribution in [3.8, 4) is 0 Å². The smallest absolute Gasteiger partial charge is 1.00 e. The Bertz CT molecular complexity index is 113. The van der Waals surface area contributed by atoms with Crippen LogP contribution in [0.1, 0.15) is 0 Å². The molecule has 0 N–H and O–H groups in total. The zero-order valence-corrected chi connectivity index (χ0v) is 18.4. The van der Waals surface area contributed by atoms with Gasteiger partial charge in [-0.3, -0.25) is 8.42 Å². The largest absolute Gasteiger partial charge is 2.00 e. The van der Waals surface area contributed by atoms with E-state index < -0.39 is 10.4 Å². The summed E-state index contributed by atoms with van der Waals surface area (Å²) in [6.07, 6.45) is 0. The summed E-state index contributed by atoms with van der Waals surface area (Å²) in [6, 6.07) is 0. The molecule has 0 aliphatic rings. The van der Waals surface area contributed by atoms with Crippen LogP contribution in [0, 0.1) is 0 Å². The van der Waals surface area contributed by atoms with E-state index in [9.17, 15) is 0 Å². The van der Waals surface area contributed by atoms with Crippen molar-refractivity contribution in [2.45, 2.75) is 0 Å². The van der Waals surface area contributed by atoms with E-state index in [2.05, 4.69) is 0 Å². The second-order valence-electron chi connectivity index (χ2n) is 0.408. The molecule has 0 aromatic heterocycles. The fraction of sp³-hybridized carbons (Fsp3) is 0. The van der Waals surface area contributed by atoms with E-state index in [0.29, 0.717) is 0 Å². The van der Waals surface area contributed by atoms with E-state index in [1.807, 2.05) is 0 Å². The molecule has 0 aliphatic carbocycles. The van der Waals surface area contributed by atoms with E-state index in [4.69, 9.17) is 17.5 Å². The van der Waals surface area contributed by atoms with Crippen molar-refractivity contribution in [2.24, 2.45) is 0 Å². The number of rotatable bonds is 0. The van der Waals surface area contributed by atoms with Gasteiger partial charge in [-0.05, 0) is 0 Å². The second kappa shape index (κ2) is 29.9. The Hall–Kier alpha value is 5.40. The van der Waals surface area contributed by atoms with Gasteiger partial charge in [-0.25, -0.2) is 0 Å². The monoisotopic (exact) mass is 327 g/mol. The molecule has 0 fully saturated rings. The summed E-state index contributed by atoms with van der Waals surface area (Å²) < 4.78 is 34.1. The van der Waals surface area contributed by atoms with Gasteiger partial charge in [-0.15, -0.1) is 0 Å². The van der Waals surface area contributed by atoms with Gasteiger partial charge in [-0.1, -0.05) is 0 Å². The molecule has 0 aliphatic heterocycles. The summed E-state index contributed by atoms with van der Waals surface area (Å²) in [4.78, 5) is 0. The van der Waals surface area contributed by atoms with E-state index in [1.165, 1.54) is 0 Å². The first-order valence-corrected chi connectivity index (χ1v) is 2.00. The Morgan fingerprint density at radius 1 is 0.917 bits per heavy atom. The quantitative estimate of drug-likeness (QED) is 0.251. The molecule has 12 heteroatoms. The molecule has 0 aromatic rings. The Kier molecular flexibility index (Phi) is 132. The summed E-state index contributed by atoms with van der Waals surface area (Å²) in [5.74, 6) is 0. The Morgan fingerprint density at radius 2 is 0.917 bits per heavy atom. The summed E-state index contributed by atoms with van der Waals surface area (Å²) in [5, 5.41) is 0. The number of hydrogen-bond acceptors (Lipinski definition) is 4. The van der Waals surface area contributed by atoms with Crippen LogP contribution in [0.2, 0.25) is 0 Å². The molecule has 0 aromatic carbocycles. The van der Waals surface area contributed by atoms with Crippen LogP contribution in [0.15, 0.2) is 0 Å². The van der Waals surface area contributed by atoms with Gasteiger partial charge < -0.3 is 46.3 Å². The minimum atomic E-state index is -5.17. The van der Waals surface area contributed by atoms with E-state index >= 15 is 0 Å². The van der Waals surface area contributed by atoms with Crippen molar-refractivity contribution < 1.29 is 136 Å². The van der Waals surface area contributed by atoms with Crippen LogP contribution in [0.5, 0.6) is 0 Å². The van der Waals surface area contributed by atoms with Gasteiger partial charge in [0.15, 0.2) is 0 Å². The Morgan fingerprint density at radius 3 is 0.917 bits per heavy atom. The molecule has 0 amide bonds. The molecular weight excluding hydrogens is 329 g/mol. The first-order chi connectivity index (χ1) is 2.00. The van der Waals surface area contributed by atoms with Crippen LogP contribution >= 0.6 is 0 Å². The Balaban J connectivity index is -0.00000000381. The molecule has 0 spiro atoms. The maximum Gasteiger partial charge on any atom is 2.00 e. The van der Waals surface area contributed by atoms with Gasteiger partial charge in [0.05, 0.1) is 0 Å². The van der Waals surface area contributed by atoms with Crippen molar-refractivity contribution in [3.63, 3.8) is 0 Å². The molecular formula is CaCl3KMgNaO4S+. The molecule has 0 rings (SSSR count). The molecule has 0 bridgehead atoms. The average molecular weight is 329 g/mol. The third kappa shape index (κ3) is 109. The zero-order valence-electron chi connectivity index (χ0n) is 6.59.